The van der Waals surface area contributed by atoms with Gasteiger partial charge in [-0.2, -0.15) is 0 Å². The van der Waals surface area contributed by atoms with Crippen LogP contribution in [0.2, 0.25) is 0 Å². The lowest BCUT2D eigenvalue weighted by atomic mass is 10.0. The van der Waals surface area contributed by atoms with Gasteiger partial charge in [0.15, 0.2) is 0 Å². The predicted octanol–water partition coefficient (Wildman–Crippen LogP) is 3.23. The number of carboxylic acids is 1. The second-order valence-corrected chi connectivity index (χ2v) is 5.34. The summed E-state index contributed by atoms with van der Waals surface area (Å²) >= 11 is 0. The lowest BCUT2D eigenvalue weighted by Crippen LogP contribution is -2.29. The highest BCUT2D eigenvalue weighted by atomic mass is 16.4. The lowest BCUT2D eigenvalue weighted by molar-refractivity contribution is 0.0699. The molecule has 1 aliphatic rings. The fourth-order valence-corrected chi connectivity index (χ4v) is 2.92. The molecule has 1 aliphatic heterocycles. The number of para-hydroxylation sites is 1. The minimum atomic E-state index is -0.918. The van der Waals surface area contributed by atoms with Gasteiger partial charge >= 0.3 is 5.97 Å². The van der Waals surface area contributed by atoms with Crippen LogP contribution in [0.1, 0.15) is 35.3 Å². The summed E-state index contributed by atoms with van der Waals surface area (Å²) in [6, 6.07) is 7.46. The van der Waals surface area contributed by atoms with Crippen LogP contribution < -0.4 is 4.90 Å². The van der Waals surface area contributed by atoms with Gasteiger partial charge in [-0.05, 0) is 38.3 Å². The number of benzene rings is 1. The zero-order valence-electron chi connectivity index (χ0n) is 11.6. The minimum absolute atomic E-state index is 0.282. The van der Waals surface area contributed by atoms with Crippen molar-refractivity contribution in [3.8, 4) is 0 Å². The maximum absolute atomic E-state index is 11.4. The molecule has 4 heteroatoms. The molecule has 0 saturated carbocycles. The number of nitrogens with zero attached hydrogens (tertiary/aromatic N) is 2. The first-order chi connectivity index (χ1) is 9.66. The first kappa shape index (κ1) is 12.9. The SMILES string of the molecule is Cc1cc(N2CCCCC2)c2cccc(C(=O)O)c2n1. The lowest BCUT2D eigenvalue weighted by Gasteiger charge is -2.30. The van der Waals surface area contributed by atoms with E-state index in [1.54, 1.807) is 12.1 Å². The Morgan fingerprint density at radius 1 is 1.25 bits per heavy atom. The van der Waals surface area contributed by atoms with Crippen LogP contribution in [-0.4, -0.2) is 29.1 Å². The highest BCUT2D eigenvalue weighted by molar-refractivity contribution is 6.05. The summed E-state index contributed by atoms with van der Waals surface area (Å²) in [6.45, 7) is 4.00. The third-order valence-electron chi connectivity index (χ3n) is 3.87. The van der Waals surface area contributed by atoms with Gasteiger partial charge in [-0.3, -0.25) is 4.98 Å². The molecule has 0 atom stereocenters. The fourth-order valence-electron chi connectivity index (χ4n) is 2.92. The molecule has 20 heavy (non-hydrogen) atoms. The van der Waals surface area contributed by atoms with E-state index in [0.29, 0.717) is 5.52 Å². The Hall–Kier alpha value is -2.10. The van der Waals surface area contributed by atoms with E-state index in [9.17, 15) is 9.90 Å². The molecule has 1 N–H and O–H groups in total. The number of carbonyl (C=O) groups is 1. The summed E-state index contributed by atoms with van der Waals surface area (Å²) in [5, 5.41) is 10.3. The van der Waals surface area contributed by atoms with Gasteiger partial charge in [0.1, 0.15) is 0 Å². The number of aryl methyl sites for hydroxylation is 1. The molecule has 1 aromatic heterocycles. The molecule has 2 aromatic rings. The Bertz CT molecular complexity index is 661. The summed E-state index contributed by atoms with van der Waals surface area (Å²) in [4.78, 5) is 18.2. The number of hydrogen-bond acceptors (Lipinski definition) is 3. The zero-order chi connectivity index (χ0) is 14.1. The average Bonchev–Trinajstić information content (AvgIpc) is 2.46. The van der Waals surface area contributed by atoms with Gasteiger partial charge in [-0.25, -0.2) is 4.79 Å². The van der Waals surface area contributed by atoms with E-state index in [1.165, 1.54) is 19.3 Å². The van der Waals surface area contributed by atoms with Crippen molar-refractivity contribution in [3.05, 3.63) is 35.5 Å². The number of pyridine rings is 1. The van der Waals surface area contributed by atoms with Crippen molar-refractivity contribution in [2.75, 3.05) is 18.0 Å². The molecular weight excluding hydrogens is 252 g/mol. The standard InChI is InChI=1S/C16H18N2O2/c1-11-10-14(18-8-3-2-4-9-18)12-6-5-7-13(16(19)20)15(12)17-11/h5-7,10H,2-4,8-9H2,1H3,(H,19,20). The van der Waals surface area contributed by atoms with Gasteiger partial charge in [-0.15, -0.1) is 0 Å². The monoisotopic (exact) mass is 270 g/mol. The number of rotatable bonds is 2. The summed E-state index contributed by atoms with van der Waals surface area (Å²) in [6.07, 6.45) is 3.67. The molecule has 1 fully saturated rings. The molecule has 2 heterocycles. The Morgan fingerprint density at radius 3 is 2.70 bits per heavy atom. The molecule has 4 nitrogen and oxygen atoms in total. The average molecular weight is 270 g/mol. The van der Waals surface area contributed by atoms with Gasteiger partial charge in [0.05, 0.1) is 11.1 Å². The largest absolute Gasteiger partial charge is 0.478 e. The molecule has 0 amide bonds. The second-order valence-electron chi connectivity index (χ2n) is 5.34. The van der Waals surface area contributed by atoms with Crippen molar-refractivity contribution in [2.45, 2.75) is 26.2 Å². The zero-order valence-corrected chi connectivity index (χ0v) is 11.6. The molecule has 0 bridgehead atoms. The van der Waals surface area contributed by atoms with Crippen molar-refractivity contribution in [1.82, 2.24) is 4.98 Å². The molecule has 0 unspecified atom stereocenters. The van der Waals surface area contributed by atoms with Gasteiger partial charge in [0.2, 0.25) is 0 Å². The summed E-state index contributed by atoms with van der Waals surface area (Å²) in [5.41, 5.74) is 2.87. The van der Waals surface area contributed by atoms with Crippen LogP contribution >= 0.6 is 0 Å². The highest BCUT2D eigenvalue weighted by Gasteiger charge is 2.17. The molecule has 1 saturated heterocycles. The Balaban J connectivity index is 2.21. The van der Waals surface area contributed by atoms with Gasteiger partial charge in [0.25, 0.3) is 0 Å². The number of hydrogen-bond donors (Lipinski definition) is 1. The normalized spacial score (nSPS) is 15.6. The van der Waals surface area contributed by atoms with E-state index in [-0.39, 0.29) is 5.56 Å². The maximum atomic E-state index is 11.4. The van der Waals surface area contributed by atoms with Crippen LogP contribution in [0.3, 0.4) is 0 Å². The van der Waals surface area contributed by atoms with E-state index >= 15 is 0 Å². The number of anilines is 1. The van der Waals surface area contributed by atoms with E-state index in [2.05, 4.69) is 16.0 Å². The first-order valence-corrected chi connectivity index (χ1v) is 7.05. The van der Waals surface area contributed by atoms with E-state index in [1.807, 2.05) is 13.0 Å². The first-order valence-electron chi connectivity index (χ1n) is 7.05. The minimum Gasteiger partial charge on any atom is -0.478 e. The van der Waals surface area contributed by atoms with Gasteiger partial charge < -0.3 is 10.0 Å². The van der Waals surface area contributed by atoms with Crippen molar-refractivity contribution >= 4 is 22.6 Å². The van der Waals surface area contributed by atoms with Crippen LogP contribution in [-0.2, 0) is 0 Å². The smallest absolute Gasteiger partial charge is 0.337 e. The number of aromatic nitrogens is 1. The van der Waals surface area contributed by atoms with Gasteiger partial charge in [-0.1, -0.05) is 12.1 Å². The van der Waals surface area contributed by atoms with E-state index in [4.69, 9.17) is 0 Å². The van der Waals surface area contributed by atoms with Crippen LogP contribution in [0.5, 0.6) is 0 Å². The second kappa shape index (κ2) is 5.12. The maximum Gasteiger partial charge on any atom is 0.337 e. The van der Waals surface area contributed by atoms with Crippen LogP contribution in [0, 0.1) is 6.92 Å². The van der Waals surface area contributed by atoms with E-state index < -0.39 is 5.97 Å². The van der Waals surface area contributed by atoms with Crippen molar-refractivity contribution in [1.29, 1.82) is 0 Å². The van der Waals surface area contributed by atoms with Crippen LogP contribution in [0.4, 0.5) is 5.69 Å². The number of fused-ring (bicyclic) bond motifs is 1. The third-order valence-corrected chi connectivity index (χ3v) is 3.87. The third kappa shape index (κ3) is 2.22. The predicted molar refractivity (Wildman–Crippen MR) is 79.5 cm³/mol. The molecule has 1 aromatic carbocycles. The molecule has 0 aliphatic carbocycles. The Kier molecular flexibility index (Phi) is 3.30. The summed E-state index contributed by atoms with van der Waals surface area (Å²) in [5.74, 6) is -0.918. The molecular formula is C16H18N2O2. The van der Waals surface area contributed by atoms with Crippen LogP contribution in [0.15, 0.2) is 24.3 Å². The number of carboxylic acid groups (broad SMARTS) is 1. The fraction of sp³-hybridized carbons (Fsp3) is 0.375. The Morgan fingerprint density at radius 2 is 2.00 bits per heavy atom. The van der Waals surface area contributed by atoms with Crippen molar-refractivity contribution in [3.63, 3.8) is 0 Å². The summed E-state index contributed by atoms with van der Waals surface area (Å²) in [7, 11) is 0. The summed E-state index contributed by atoms with van der Waals surface area (Å²) < 4.78 is 0. The molecule has 0 radical (unpaired) electrons. The topological polar surface area (TPSA) is 53.4 Å². The van der Waals surface area contributed by atoms with Crippen molar-refractivity contribution in [2.24, 2.45) is 0 Å². The number of piperidine rings is 1. The molecule has 104 valence electrons. The number of aromatic carboxylic acids is 1. The van der Waals surface area contributed by atoms with Gasteiger partial charge in [0, 0.05) is 29.9 Å². The highest BCUT2D eigenvalue weighted by Crippen LogP contribution is 2.30. The Labute approximate surface area is 118 Å². The van der Waals surface area contributed by atoms with Crippen LogP contribution in [0.25, 0.3) is 10.9 Å². The van der Waals surface area contributed by atoms with Crippen molar-refractivity contribution < 1.29 is 9.90 Å². The molecule has 0 spiro atoms. The van der Waals surface area contributed by atoms with E-state index in [0.717, 1.165) is 29.9 Å². The quantitative estimate of drug-likeness (QED) is 0.910. The molecule has 3 rings (SSSR count).